The zero-order chi connectivity index (χ0) is 28.1. The van der Waals surface area contributed by atoms with E-state index in [1.165, 1.54) is 34.0 Å². The van der Waals surface area contributed by atoms with Gasteiger partial charge in [0, 0.05) is 36.8 Å². The van der Waals surface area contributed by atoms with Gasteiger partial charge in [-0.1, -0.05) is 103 Å². The van der Waals surface area contributed by atoms with E-state index in [1.54, 1.807) is 18.3 Å². The van der Waals surface area contributed by atoms with Crippen molar-refractivity contribution in [3.05, 3.63) is 148 Å². The number of thiazole rings is 1. The van der Waals surface area contributed by atoms with Gasteiger partial charge in [0.05, 0.1) is 29.0 Å². The van der Waals surface area contributed by atoms with Crippen LogP contribution >= 0.6 is 23.1 Å². The lowest BCUT2D eigenvalue weighted by Gasteiger charge is -2.49. The molecule has 1 atom stereocenters. The minimum absolute atomic E-state index is 0.104. The molecule has 1 aliphatic heterocycles. The molecule has 1 fully saturated rings. The maximum atomic E-state index is 12.3. The quantitative estimate of drug-likeness (QED) is 0.184. The highest BCUT2D eigenvalue weighted by Gasteiger charge is 2.44. The molecule has 0 aliphatic carbocycles. The van der Waals surface area contributed by atoms with E-state index in [0.29, 0.717) is 13.1 Å². The van der Waals surface area contributed by atoms with Crippen LogP contribution in [-0.4, -0.2) is 43.1 Å². The first-order valence-corrected chi connectivity index (χ1v) is 15.6. The highest BCUT2D eigenvalue weighted by atomic mass is 32.2. The van der Waals surface area contributed by atoms with Gasteiger partial charge in [0.15, 0.2) is 5.12 Å². The van der Waals surface area contributed by atoms with E-state index in [-0.39, 0.29) is 10.4 Å². The molecule has 1 aliphatic rings. The van der Waals surface area contributed by atoms with Crippen LogP contribution in [0.15, 0.2) is 120 Å². The van der Waals surface area contributed by atoms with Gasteiger partial charge in [-0.3, -0.25) is 14.4 Å². The van der Waals surface area contributed by atoms with Gasteiger partial charge in [0.25, 0.3) is 0 Å². The summed E-state index contributed by atoms with van der Waals surface area (Å²) in [4.78, 5) is 19.3. The minimum atomic E-state index is -0.501. The van der Waals surface area contributed by atoms with Crippen molar-refractivity contribution in [2.45, 2.75) is 30.7 Å². The minimum Gasteiger partial charge on any atom is -0.288 e. The largest absolute Gasteiger partial charge is 0.288 e. The molecule has 0 N–H and O–H groups in total. The molecule has 0 spiro atoms. The Bertz CT molecular complexity index is 1500. The Balaban J connectivity index is 1.44. The van der Waals surface area contributed by atoms with Crippen molar-refractivity contribution in [2.24, 2.45) is 0 Å². The SMILES string of the molecule is CC(=O)SC1CCN(C(c2ccccc2)(c2ccccc2)c2ccccc2)C/C1=C\c1ccn(Cc2cscn2)n1. The molecular formula is C34H32N4OS2. The maximum absolute atomic E-state index is 12.3. The molecule has 6 rings (SSSR count). The molecule has 1 unspecified atom stereocenters. The molecule has 1 saturated heterocycles. The number of aromatic nitrogens is 3. The number of hydrogen-bond acceptors (Lipinski definition) is 6. The summed E-state index contributed by atoms with van der Waals surface area (Å²) in [7, 11) is 0. The molecular weight excluding hydrogens is 545 g/mol. The summed E-state index contributed by atoms with van der Waals surface area (Å²) in [6.07, 6.45) is 5.06. The average molecular weight is 577 g/mol. The van der Waals surface area contributed by atoms with Crippen LogP contribution < -0.4 is 0 Å². The Morgan fingerprint density at radius 2 is 1.56 bits per heavy atom. The van der Waals surface area contributed by atoms with Crippen molar-refractivity contribution in [1.29, 1.82) is 0 Å². The van der Waals surface area contributed by atoms with Crippen LogP contribution in [0.25, 0.3) is 6.08 Å². The Morgan fingerprint density at radius 3 is 2.10 bits per heavy atom. The number of rotatable bonds is 8. The van der Waals surface area contributed by atoms with Crippen LogP contribution in [0.1, 0.15) is 41.4 Å². The monoisotopic (exact) mass is 576 g/mol. The van der Waals surface area contributed by atoms with E-state index in [4.69, 9.17) is 5.10 Å². The molecule has 2 aromatic heterocycles. The first kappa shape index (κ1) is 27.4. The molecule has 0 amide bonds. The number of likely N-dealkylation sites (tertiary alicyclic amines) is 1. The molecule has 0 bridgehead atoms. The van der Waals surface area contributed by atoms with Crippen molar-refractivity contribution in [3.63, 3.8) is 0 Å². The topological polar surface area (TPSA) is 51.0 Å². The number of carbonyl (C=O) groups is 1. The summed E-state index contributed by atoms with van der Waals surface area (Å²) in [6.45, 7) is 3.87. The summed E-state index contributed by atoms with van der Waals surface area (Å²) in [6, 6.07) is 34.4. The number of benzene rings is 3. The molecule has 5 nitrogen and oxygen atoms in total. The first-order valence-electron chi connectivity index (χ1n) is 13.8. The van der Waals surface area contributed by atoms with Crippen LogP contribution in [-0.2, 0) is 16.9 Å². The van der Waals surface area contributed by atoms with E-state index in [0.717, 1.165) is 24.4 Å². The van der Waals surface area contributed by atoms with Crippen molar-refractivity contribution < 1.29 is 4.79 Å². The lowest BCUT2D eigenvalue weighted by Crippen LogP contribution is -2.52. The molecule has 41 heavy (non-hydrogen) atoms. The van der Waals surface area contributed by atoms with Gasteiger partial charge in [-0.15, -0.1) is 11.3 Å². The highest BCUT2D eigenvalue weighted by Crippen LogP contribution is 2.45. The predicted octanol–water partition coefficient (Wildman–Crippen LogP) is 7.12. The number of carbonyl (C=O) groups excluding carboxylic acids is 1. The van der Waals surface area contributed by atoms with Gasteiger partial charge < -0.3 is 0 Å². The first-order chi connectivity index (χ1) is 20.1. The summed E-state index contributed by atoms with van der Waals surface area (Å²) in [5.41, 5.74) is 8.13. The third kappa shape index (κ3) is 5.84. The van der Waals surface area contributed by atoms with Crippen molar-refractivity contribution in [1.82, 2.24) is 19.7 Å². The lowest BCUT2D eigenvalue weighted by atomic mass is 9.74. The fraction of sp³-hybridized carbons (Fsp3) is 0.206. The van der Waals surface area contributed by atoms with E-state index in [9.17, 15) is 4.79 Å². The van der Waals surface area contributed by atoms with E-state index < -0.39 is 5.54 Å². The Hall–Kier alpha value is -3.78. The Kier molecular flexibility index (Phi) is 8.28. The normalized spacial score (nSPS) is 17.1. The second kappa shape index (κ2) is 12.4. The van der Waals surface area contributed by atoms with Crippen LogP contribution in [0.2, 0.25) is 0 Å². The van der Waals surface area contributed by atoms with Gasteiger partial charge in [-0.25, -0.2) is 4.98 Å². The summed E-state index contributed by atoms with van der Waals surface area (Å²) in [5.74, 6) is 0. The van der Waals surface area contributed by atoms with E-state index in [2.05, 4.69) is 112 Å². The Labute approximate surface area is 249 Å². The van der Waals surface area contributed by atoms with E-state index in [1.807, 2.05) is 22.5 Å². The second-order valence-electron chi connectivity index (χ2n) is 10.3. The molecule has 206 valence electrons. The number of thioether (sulfide) groups is 1. The zero-order valence-corrected chi connectivity index (χ0v) is 24.6. The van der Waals surface area contributed by atoms with Crippen molar-refractivity contribution in [2.75, 3.05) is 13.1 Å². The summed E-state index contributed by atoms with van der Waals surface area (Å²) < 4.78 is 1.93. The molecule has 0 radical (unpaired) electrons. The standard InChI is InChI=1S/C34H32N4OS2/c1-26(39)41-33-18-19-37(22-27(33)21-31-17-20-38(36-31)23-32-24-40-25-35-32)34(28-11-5-2-6-12-28,29-13-7-3-8-14-29)30-15-9-4-10-16-30/h2-17,20-21,24-25,33H,18-19,22-23H2,1H3/b27-21+. The van der Waals surface area contributed by atoms with E-state index >= 15 is 0 Å². The van der Waals surface area contributed by atoms with Gasteiger partial charge in [-0.05, 0) is 40.8 Å². The smallest absolute Gasteiger partial charge is 0.186 e. The third-order valence-corrected chi connectivity index (χ3v) is 9.40. The number of piperidine rings is 1. The fourth-order valence-corrected chi connectivity index (χ4v) is 7.39. The molecule has 7 heteroatoms. The third-order valence-electron chi connectivity index (χ3n) is 7.61. The van der Waals surface area contributed by atoms with Gasteiger partial charge in [0.1, 0.15) is 0 Å². The van der Waals surface area contributed by atoms with Crippen LogP contribution in [0.5, 0.6) is 0 Å². The molecule has 0 saturated carbocycles. The van der Waals surface area contributed by atoms with Gasteiger partial charge >= 0.3 is 0 Å². The highest BCUT2D eigenvalue weighted by molar-refractivity contribution is 8.14. The lowest BCUT2D eigenvalue weighted by molar-refractivity contribution is -0.109. The average Bonchev–Trinajstić information content (AvgIpc) is 3.69. The van der Waals surface area contributed by atoms with Crippen LogP contribution in [0.4, 0.5) is 0 Å². The van der Waals surface area contributed by atoms with Crippen LogP contribution in [0, 0.1) is 0 Å². The number of nitrogens with zero attached hydrogens (tertiary/aromatic N) is 4. The second-order valence-corrected chi connectivity index (χ2v) is 12.4. The molecule has 3 aromatic carbocycles. The summed E-state index contributed by atoms with van der Waals surface area (Å²) in [5, 5.41) is 7.14. The fourth-order valence-electron chi connectivity index (χ4n) is 5.92. The predicted molar refractivity (Wildman–Crippen MR) is 169 cm³/mol. The van der Waals surface area contributed by atoms with Crippen molar-refractivity contribution >= 4 is 34.3 Å². The van der Waals surface area contributed by atoms with Gasteiger partial charge in [-0.2, -0.15) is 5.10 Å². The van der Waals surface area contributed by atoms with Crippen LogP contribution in [0.3, 0.4) is 0 Å². The zero-order valence-electron chi connectivity index (χ0n) is 23.0. The molecule has 3 heterocycles. The Morgan fingerprint density at radius 1 is 0.951 bits per heavy atom. The summed E-state index contributed by atoms with van der Waals surface area (Å²) >= 11 is 3.03. The van der Waals surface area contributed by atoms with Gasteiger partial charge in [0.2, 0.25) is 0 Å². The molecule has 5 aromatic rings. The van der Waals surface area contributed by atoms with Crippen molar-refractivity contribution in [3.8, 4) is 0 Å². The maximum Gasteiger partial charge on any atom is 0.186 e. The number of hydrogen-bond donors (Lipinski definition) is 0.